The fourth-order valence-electron chi connectivity index (χ4n) is 5.54. The van der Waals surface area contributed by atoms with Gasteiger partial charge in [-0.3, -0.25) is 19.5 Å². The number of nitrogens with one attached hydrogen (secondary N) is 2. The summed E-state index contributed by atoms with van der Waals surface area (Å²) in [6.45, 7) is 1.59. The molecule has 3 amide bonds. The second-order valence-corrected chi connectivity index (χ2v) is 9.70. The molecule has 0 atom stereocenters. The fraction of sp³-hybridized carbons (Fsp3) is 0.333. The molecule has 37 heavy (non-hydrogen) atoms. The van der Waals surface area contributed by atoms with Gasteiger partial charge in [-0.1, -0.05) is 0 Å². The third-order valence-corrected chi connectivity index (χ3v) is 7.69. The Morgan fingerprint density at radius 1 is 1.08 bits per heavy atom. The summed E-state index contributed by atoms with van der Waals surface area (Å²) in [4.78, 5) is 42.0. The van der Waals surface area contributed by atoms with Crippen LogP contribution >= 0.6 is 0 Å². The molecule has 1 spiro atoms. The molecule has 0 saturated carbocycles. The van der Waals surface area contributed by atoms with Crippen LogP contribution in [-0.4, -0.2) is 66.2 Å². The van der Waals surface area contributed by atoms with Crippen molar-refractivity contribution < 1.29 is 23.9 Å². The van der Waals surface area contributed by atoms with E-state index in [0.29, 0.717) is 55.2 Å². The highest BCUT2D eigenvalue weighted by atomic mass is 16.5. The number of methoxy groups -OCH3 is 1. The summed E-state index contributed by atoms with van der Waals surface area (Å²) in [5.41, 5.74) is 3.25. The predicted octanol–water partition coefficient (Wildman–Crippen LogP) is 3.08. The molecule has 1 aromatic heterocycles. The third-order valence-electron chi connectivity index (χ3n) is 7.69. The Hall–Kier alpha value is -4.34. The van der Waals surface area contributed by atoms with Gasteiger partial charge in [-0.25, -0.2) is 0 Å². The number of hydrogen-bond donors (Lipinski definition) is 2. The van der Waals surface area contributed by atoms with Crippen molar-refractivity contribution in [3.8, 4) is 22.6 Å². The fourth-order valence-corrected chi connectivity index (χ4v) is 5.54. The van der Waals surface area contributed by atoms with Gasteiger partial charge < -0.3 is 24.6 Å². The van der Waals surface area contributed by atoms with Gasteiger partial charge in [0.05, 0.1) is 24.4 Å². The summed E-state index contributed by atoms with van der Waals surface area (Å²) < 4.78 is 11.1. The van der Waals surface area contributed by atoms with Gasteiger partial charge in [0.2, 0.25) is 5.91 Å². The number of amides is 3. The molecule has 3 aliphatic rings. The first-order valence-electron chi connectivity index (χ1n) is 12.3. The molecule has 0 unspecified atom stereocenters. The molecule has 2 saturated heterocycles. The SMILES string of the molecule is COc1cc(N2CCC3(CCN(C(=O)c4ccc5c(c4)OCC(=O)N5)CC3)C2=O)ccc1-c1cn[nH]c1. The number of aromatic amines is 1. The maximum atomic E-state index is 13.6. The molecule has 3 aromatic rings. The third kappa shape index (κ3) is 3.98. The van der Waals surface area contributed by atoms with Crippen LogP contribution in [0.5, 0.6) is 11.5 Å². The lowest BCUT2D eigenvalue weighted by Gasteiger charge is -2.38. The number of piperidine rings is 1. The van der Waals surface area contributed by atoms with Crippen LogP contribution in [0.3, 0.4) is 0 Å². The van der Waals surface area contributed by atoms with Crippen LogP contribution in [0.2, 0.25) is 0 Å². The van der Waals surface area contributed by atoms with Crippen molar-refractivity contribution in [1.82, 2.24) is 15.1 Å². The van der Waals surface area contributed by atoms with E-state index < -0.39 is 5.41 Å². The van der Waals surface area contributed by atoms with E-state index in [1.54, 1.807) is 42.6 Å². The standard InChI is InChI=1S/C27H27N5O5/c1-36-22-13-19(3-4-20(22)18-14-28-29-15-18)32-11-8-27(26(32)35)6-9-31(10-7-27)25(34)17-2-5-21-23(12-17)37-16-24(33)30-21/h2-5,12-15H,6-11,16H2,1H3,(H,28,29)(H,30,33). The Bertz CT molecular complexity index is 1380. The molecular weight excluding hydrogens is 474 g/mol. The molecule has 10 nitrogen and oxygen atoms in total. The highest BCUT2D eigenvalue weighted by molar-refractivity contribution is 6.01. The number of carbonyl (C=O) groups is 3. The van der Waals surface area contributed by atoms with Crippen molar-refractivity contribution in [3.63, 3.8) is 0 Å². The topological polar surface area (TPSA) is 117 Å². The van der Waals surface area contributed by atoms with E-state index in [2.05, 4.69) is 15.5 Å². The molecule has 0 aliphatic carbocycles. The average Bonchev–Trinajstić information content (AvgIpc) is 3.57. The Morgan fingerprint density at radius 2 is 1.89 bits per heavy atom. The molecule has 2 fully saturated rings. The number of hydrogen-bond acceptors (Lipinski definition) is 6. The molecule has 190 valence electrons. The lowest BCUT2D eigenvalue weighted by molar-refractivity contribution is -0.127. The van der Waals surface area contributed by atoms with Crippen LogP contribution in [0.4, 0.5) is 11.4 Å². The molecule has 4 heterocycles. The number of likely N-dealkylation sites (tertiary alicyclic amines) is 1. The first-order valence-corrected chi connectivity index (χ1v) is 12.3. The number of rotatable bonds is 4. The van der Waals surface area contributed by atoms with Crippen molar-refractivity contribution in [2.24, 2.45) is 5.41 Å². The van der Waals surface area contributed by atoms with Crippen LogP contribution in [0.1, 0.15) is 29.6 Å². The largest absolute Gasteiger partial charge is 0.496 e. The smallest absolute Gasteiger partial charge is 0.262 e. The zero-order valence-corrected chi connectivity index (χ0v) is 20.5. The lowest BCUT2D eigenvalue weighted by atomic mass is 9.77. The summed E-state index contributed by atoms with van der Waals surface area (Å²) in [6.07, 6.45) is 5.53. The van der Waals surface area contributed by atoms with Crippen molar-refractivity contribution in [3.05, 3.63) is 54.4 Å². The molecule has 3 aliphatic heterocycles. The molecule has 0 bridgehead atoms. The highest BCUT2D eigenvalue weighted by Crippen LogP contribution is 2.44. The van der Waals surface area contributed by atoms with E-state index in [1.807, 2.05) is 23.1 Å². The molecule has 2 aromatic carbocycles. The van der Waals surface area contributed by atoms with Gasteiger partial charge in [-0.15, -0.1) is 0 Å². The Balaban J connectivity index is 1.14. The number of carbonyl (C=O) groups excluding carboxylic acids is 3. The van der Waals surface area contributed by atoms with Crippen LogP contribution in [0.25, 0.3) is 11.1 Å². The maximum Gasteiger partial charge on any atom is 0.262 e. The van der Waals surface area contributed by atoms with Crippen LogP contribution < -0.4 is 19.7 Å². The zero-order valence-electron chi connectivity index (χ0n) is 20.5. The minimum atomic E-state index is -0.462. The van der Waals surface area contributed by atoms with Crippen LogP contribution in [0, 0.1) is 5.41 Å². The monoisotopic (exact) mass is 501 g/mol. The van der Waals surface area contributed by atoms with E-state index in [0.717, 1.165) is 23.2 Å². The molecule has 6 rings (SSSR count). The molecule has 0 radical (unpaired) electrons. The Labute approximate surface area is 213 Å². The number of anilines is 2. The normalized spacial score (nSPS) is 18.4. The first-order chi connectivity index (χ1) is 18.0. The van der Waals surface area contributed by atoms with E-state index in [-0.39, 0.29) is 24.3 Å². The van der Waals surface area contributed by atoms with Crippen molar-refractivity contribution in [2.75, 3.05) is 43.6 Å². The van der Waals surface area contributed by atoms with Gasteiger partial charge in [0, 0.05) is 54.3 Å². The van der Waals surface area contributed by atoms with Crippen molar-refractivity contribution in [1.29, 1.82) is 0 Å². The van der Waals surface area contributed by atoms with Crippen LogP contribution in [0.15, 0.2) is 48.8 Å². The number of aromatic nitrogens is 2. The van der Waals surface area contributed by atoms with Gasteiger partial charge in [0.1, 0.15) is 11.5 Å². The summed E-state index contributed by atoms with van der Waals surface area (Å²) in [5, 5.41) is 9.56. The number of nitrogens with zero attached hydrogens (tertiary/aromatic N) is 3. The molecular formula is C27H27N5O5. The quantitative estimate of drug-likeness (QED) is 0.568. The minimum Gasteiger partial charge on any atom is -0.496 e. The summed E-state index contributed by atoms with van der Waals surface area (Å²) in [6, 6.07) is 10.9. The van der Waals surface area contributed by atoms with E-state index in [9.17, 15) is 14.4 Å². The predicted molar refractivity (Wildman–Crippen MR) is 136 cm³/mol. The van der Waals surface area contributed by atoms with Crippen molar-refractivity contribution in [2.45, 2.75) is 19.3 Å². The second-order valence-electron chi connectivity index (χ2n) is 9.70. The van der Waals surface area contributed by atoms with Gasteiger partial charge >= 0.3 is 0 Å². The summed E-state index contributed by atoms with van der Waals surface area (Å²) >= 11 is 0. The highest BCUT2D eigenvalue weighted by Gasteiger charge is 2.49. The van der Waals surface area contributed by atoms with Crippen LogP contribution in [-0.2, 0) is 9.59 Å². The lowest BCUT2D eigenvalue weighted by Crippen LogP contribution is -2.46. The van der Waals surface area contributed by atoms with Gasteiger partial charge in [0.15, 0.2) is 6.61 Å². The van der Waals surface area contributed by atoms with E-state index >= 15 is 0 Å². The number of ether oxygens (including phenoxy) is 2. The Morgan fingerprint density at radius 3 is 2.65 bits per heavy atom. The number of H-pyrrole nitrogens is 1. The Kier molecular flexibility index (Phi) is 5.58. The van der Waals surface area contributed by atoms with E-state index in [1.165, 1.54) is 0 Å². The molecule has 10 heteroatoms. The average molecular weight is 502 g/mol. The number of benzene rings is 2. The van der Waals surface area contributed by atoms with Gasteiger partial charge in [-0.2, -0.15) is 5.10 Å². The van der Waals surface area contributed by atoms with Crippen molar-refractivity contribution >= 4 is 29.1 Å². The number of fused-ring (bicyclic) bond motifs is 1. The van der Waals surface area contributed by atoms with E-state index in [4.69, 9.17) is 9.47 Å². The maximum absolute atomic E-state index is 13.6. The second kappa shape index (κ2) is 8.95. The molecule has 2 N–H and O–H groups in total. The minimum absolute atomic E-state index is 0.0621. The zero-order chi connectivity index (χ0) is 25.6. The first kappa shape index (κ1) is 23.1. The van der Waals surface area contributed by atoms with Gasteiger partial charge in [0.25, 0.3) is 11.8 Å². The summed E-state index contributed by atoms with van der Waals surface area (Å²) in [5.74, 6) is 0.975. The van der Waals surface area contributed by atoms with Gasteiger partial charge in [-0.05, 0) is 49.6 Å². The summed E-state index contributed by atoms with van der Waals surface area (Å²) in [7, 11) is 1.62.